The number of nitrogens with one attached hydrogen (secondary N) is 1. The maximum Gasteiger partial charge on any atom is 0.214 e. The van der Waals surface area contributed by atoms with E-state index in [1.54, 1.807) is 16.9 Å². The molecule has 8 heteroatoms. The Kier molecular flexibility index (Phi) is 3.64. The van der Waals surface area contributed by atoms with Crippen LogP contribution in [0.3, 0.4) is 0 Å². The van der Waals surface area contributed by atoms with E-state index < -0.39 is 0 Å². The predicted octanol–water partition coefficient (Wildman–Crippen LogP) is 3.66. The van der Waals surface area contributed by atoms with Gasteiger partial charge in [0.1, 0.15) is 5.82 Å². The van der Waals surface area contributed by atoms with Crippen molar-refractivity contribution < 1.29 is 0 Å². The molecule has 0 aliphatic heterocycles. The summed E-state index contributed by atoms with van der Waals surface area (Å²) < 4.78 is 3.91. The molecule has 0 unspecified atom stereocenters. The molecule has 1 N–H and O–H groups in total. The van der Waals surface area contributed by atoms with Crippen molar-refractivity contribution in [1.29, 1.82) is 0 Å². The molecule has 134 valence electrons. The highest BCUT2D eigenvalue weighted by Crippen LogP contribution is 2.24. The summed E-state index contributed by atoms with van der Waals surface area (Å²) in [5.74, 6) is 0.972. The minimum atomic E-state index is 0.607. The molecule has 0 saturated carbocycles. The standard InChI is InChI=1S/C19H17N7S/c1-12-5-6-16-14(8-12)22-17(25(16)2)10-21-18-24-26-11-15(23-19(26)27-18)13-4-3-7-20-9-13/h3-9,11H,10H2,1-2H3,(H,21,24). The molecule has 0 amide bonds. The van der Waals surface area contributed by atoms with Gasteiger partial charge in [0, 0.05) is 25.0 Å². The van der Waals surface area contributed by atoms with Crippen LogP contribution in [0.25, 0.3) is 27.3 Å². The number of fused-ring (bicyclic) bond motifs is 2. The first-order chi connectivity index (χ1) is 13.2. The van der Waals surface area contributed by atoms with E-state index in [4.69, 9.17) is 4.98 Å². The molecule has 5 rings (SSSR count). The van der Waals surface area contributed by atoms with Crippen LogP contribution >= 0.6 is 11.3 Å². The second kappa shape index (κ2) is 6.17. The van der Waals surface area contributed by atoms with Crippen LogP contribution in [-0.2, 0) is 13.6 Å². The van der Waals surface area contributed by atoms with Crippen LogP contribution in [0.5, 0.6) is 0 Å². The highest BCUT2D eigenvalue weighted by Gasteiger charge is 2.12. The lowest BCUT2D eigenvalue weighted by Gasteiger charge is -2.03. The fraction of sp³-hybridized carbons (Fsp3) is 0.158. The lowest BCUT2D eigenvalue weighted by molar-refractivity contribution is 0.830. The first-order valence-corrected chi connectivity index (χ1v) is 9.41. The van der Waals surface area contributed by atoms with Gasteiger partial charge in [-0.1, -0.05) is 17.4 Å². The molecule has 0 saturated heterocycles. The van der Waals surface area contributed by atoms with Gasteiger partial charge in [-0.05, 0) is 36.8 Å². The van der Waals surface area contributed by atoms with Crippen molar-refractivity contribution in [2.75, 3.05) is 5.32 Å². The van der Waals surface area contributed by atoms with E-state index >= 15 is 0 Å². The number of pyridine rings is 1. The zero-order valence-electron chi connectivity index (χ0n) is 14.9. The van der Waals surface area contributed by atoms with Crippen molar-refractivity contribution in [2.24, 2.45) is 7.05 Å². The smallest absolute Gasteiger partial charge is 0.214 e. The van der Waals surface area contributed by atoms with Crippen LogP contribution in [0, 0.1) is 6.92 Å². The first kappa shape index (κ1) is 16.0. The molecule has 5 aromatic rings. The van der Waals surface area contributed by atoms with Crippen molar-refractivity contribution in [3.05, 3.63) is 60.3 Å². The number of hydrogen-bond donors (Lipinski definition) is 1. The number of hydrogen-bond acceptors (Lipinski definition) is 6. The van der Waals surface area contributed by atoms with E-state index in [1.807, 2.05) is 25.4 Å². The van der Waals surface area contributed by atoms with Gasteiger partial charge in [-0.3, -0.25) is 4.98 Å². The number of aromatic nitrogens is 6. The zero-order chi connectivity index (χ0) is 18.4. The maximum atomic E-state index is 4.73. The molecule has 27 heavy (non-hydrogen) atoms. The number of imidazole rings is 2. The Morgan fingerprint density at radius 3 is 2.93 bits per heavy atom. The second-order valence-corrected chi connectivity index (χ2v) is 7.39. The van der Waals surface area contributed by atoms with Gasteiger partial charge in [0.2, 0.25) is 10.1 Å². The third kappa shape index (κ3) is 2.83. The van der Waals surface area contributed by atoms with E-state index in [0.29, 0.717) is 6.54 Å². The van der Waals surface area contributed by atoms with E-state index in [9.17, 15) is 0 Å². The van der Waals surface area contributed by atoms with Crippen LogP contribution in [0.1, 0.15) is 11.4 Å². The van der Waals surface area contributed by atoms with Crippen molar-refractivity contribution in [3.8, 4) is 11.3 Å². The van der Waals surface area contributed by atoms with E-state index in [-0.39, 0.29) is 0 Å². The van der Waals surface area contributed by atoms with Crippen LogP contribution in [0.15, 0.2) is 48.9 Å². The molecule has 4 aromatic heterocycles. The normalized spacial score (nSPS) is 11.5. The average Bonchev–Trinajstić information content (AvgIpc) is 3.32. The van der Waals surface area contributed by atoms with Crippen molar-refractivity contribution in [2.45, 2.75) is 13.5 Å². The monoisotopic (exact) mass is 375 g/mol. The summed E-state index contributed by atoms with van der Waals surface area (Å²) in [5, 5.41) is 8.76. The van der Waals surface area contributed by atoms with Gasteiger partial charge in [-0.15, -0.1) is 5.10 Å². The number of aryl methyl sites for hydroxylation is 2. The lowest BCUT2D eigenvalue weighted by Crippen LogP contribution is -2.05. The van der Waals surface area contributed by atoms with Crippen molar-refractivity contribution in [1.82, 2.24) is 29.1 Å². The molecule has 7 nitrogen and oxygen atoms in total. The van der Waals surface area contributed by atoms with E-state index in [2.05, 4.69) is 50.1 Å². The van der Waals surface area contributed by atoms with Crippen LogP contribution in [0.2, 0.25) is 0 Å². The molecule has 1 aromatic carbocycles. The second-order valence-electron chi connectivity index (χ2n) is 6.43. The van der Waals surface area contributed by atoms with E-state index in [0.717, 1.165) is 38.2 Å². The lowest BCUT2D eigenvalue weighted by atomic mass is 10.2. The molecule has 0 radical (unpaired) electrons. The molecule has 0 aliphatic rings. The molecule has 0 atom stereocenters. The number of anilines is 1. The summed E-state index contributed by atoms with van der Waals surface area (Å²) in [6, 6.07) is 10.2. The first-order valence-electron chi connectivity index (χ1n) is 8.60. The van der Waals surface area contributed by atoms with Gasteiger partial charge in [-0.25, -0.2) is 14.5 Å². The molecular weight excluding hydrogens is 358 g/mol. The van der Waals surface area contributed by atoms with Crippen LogP contribution < -0.4 is 5.32 Å². The number of benzene rings is 1. The Morgan fingerprint density at radius 1 is 1.19 bits per heavy atom. The quantitative estimate of drug-likeness (QED) is 0.519. The molecule has 0 spiro atoms. The summed E-state index contributed by atoms with van der Waals surface area (Å²) in [4.78, 5) is 14.4. The Bertz CT molecular complexity index is 1220. The Morgan fingerprint density at radius 2 is 2.11 bits per heavy atom. The molecule has 0 fully saturated rings. The minimum absolute atomic E-state index is 0.607. The van der Waals surface area contributed by atoms with Gasteiger partial charge in [0.15, 0.2) is 0 Å². The summed E-state index contributed by atoms with van der Waals surface area (Å²) in [7, 11) is 2.04. The Hall–Kier alpha value is -3.26. The molecule has 4 heterocycles. The van der Waals surface area contributed by atoms with Crippen molar-refractivity contribution in [3.63, 3.8) is 0 Å². The third-order valence-electron chi connectivity index (χ3n) is 4.53. The van der Waals surface area contributed by atoms with Gasteiger partial charge in [0.05, 0.1) is 29.5 Å². The number of nitrogens with zero attached hydrogens (tertiary/aromatic N) is 6. The Balaban J connectivity index is 1.38. The van der Waals surface area contributed by atoms with Crippen LogP contribution in [-0.4, -0.2) is 29.1 Å². The fourth-order valence-corrected chi connectivity index (χ4v) is 3.87. The Labute approximate surface area is 159 Å². The van der Waals surface area contributed by atoms with Gasteiger partial charge >= 0.3 is 0 Å². The molecular formula is C19H17N7S. The summed E-state index contributed by atoms with van der Waals surface area (Å²) >= 11 is 1.52. The minimum Gasteiger partial charge on any atom is -0.353 e. The predicted molar refractivity (Wildman–Crippen MR) is 107 cm³/mol. The maximum absolute atomic E-state index is 4.73. The van der Waals surface area contributed by atoms with Crippen LogP contribution in [0.4, 0.5) is 5.13 Å². The van der Waals surface area contributed by atoms with E-state index in [1.165, 1.54) is 16.9 Å². The largest absolute Gasteiger partial charge is 0.353 e. The topological polar surface area (TPSA) is 72.9 Å². The van der Waals surface area contributed by atoms with Gasteiger partial charge in [-0.2, -0.15) is 0 Å². The van der Waals surface area contributed by atoms with Crippen molar-refractivity contribution >= 4 is 32.5 Å². The third-order valence-corrected chi connectivity index (χ3v) is 5.41. The molecule has 0 bridgehead atoms. The highest BCUT2D eigenvalue weighted by molar-refractivity contribution is 7.20. The zero-order valence-corrected chi connectivity index (χ0v) is 15.7. The summed E-state index contributed by atoms with van der Waals surface area (Å²) in [6.45, 7) is 2.69. The average molecular weight is 375 g/mol. The summed E-state index contributed by atoms with van der Waals surface area (Å²) in [5.41, 5.74) is 5.22. The summed E-state index contributed by atoms with van der Waals surface area (Å²) in [6.07, 6.45) is 5.48. The van der Waals surface area contributed by atoms with Gasteiger partial charge < -0.3 is 9.88 Å². The van der Waals surface area contributed by atoms with Gasteiger partial charge in [0.25, 0.3) is 0 Å². The fourth-order valence-electron chi connectivity index (χ4n) is 3.10. The number of rotatable bonds is 4. The molecule has 0 aliphatic carbocycles. The SMILES string of the molecule is Cc1ccc2c(c1)nc(CNc1nn3cc(-c4cccnc4)nc3s1)n2C. The highest BCUT2D eigenvalue weighted by atomic mass is 32.1.